The lowest BCUT2D eigenvalue weighted by molar-refractivity contribution is -0.114. The Kier molecular flexibility index (Phi) is 4.77. The summed E-state index contributed by atoms with van der Waals surface area (Å²) in [4.78, 5) is 11.6. The highest BCUT2D eigenvalue weighted by atomic mass is 28.3. The highest BCUT2D eigenvalue weighted by Gasteiger charge is 2.11. The highest BCUT2D eigenvalue weighted by molar-refractivity contribution is 6.84. The molecule has 0 saturated heterocycles. The van der Waals surface area contributed by atoms with Crippen molar-refractivity contribution in [2.45, 2.75) is 39.4 Å². The van der Waals surface area contributed by atoms with Crippen LogP contribution in [0.4, 0.5) is 0 Å². The third-order valence-electron chi connectivity index (χ3n) is 2.24. The molecule has 0 saturated carbocycles. The van der Waals surface area contributed by atoms with Crippen LogP contribution in [0.2, 0.25) is 19.6 Å². The summed E-state index contributed by atoms with van der Waals surface area (Å²) in [6.07, 6.45) is 2.97. The highest BCUT2D eigenvalue weighted by Crippen LogP contribution is 2.12. The summed E-state index contributed by atoms with van der Waals surface area (Å²) in [5, 5.41) is 0. The van der Waals surface area contributed by atoms with Gasteiger partial charge in [0.25, 0.3) is 0 Å². The van der Waals surface area contributed by atoms with E-state index >= 15 is 0 Å². The Bertz CT molecular complexity index is 415. The fourth-order valence-corrected chi connectivity index (χ4v) is 1.98. The molecule has 2 nitrogen and oxygen atoms in total. The molecule has 0 radical (unpaired) electrons. The summed E-state index contributed by atoms with van der Waals surface area (Å²) in [5.74, 6) is 4.04. The third-order valence-corrected chi connectivity index (χ3v) is 3.12. The molecule has 0 aliphatic carbocycles. The van der Waals surface area contributed by atoms with E-state index in [0.29, 0.717) is 6.42 Å². The van der Waals surface area contributed by atoms with Crippen LogP contribution in [0.1, 0.15) is 19.1 Å². The Labute approximate surface area is 104 Å². The molecule has 1 atom stereocenters. The molecule has 17 heavy (non-hydrogen) atoms. The second-order valence-electron chi connectivity index (χ2n) is 5.52. The van der Waals surface area contributed by atoms with Crippen LogP contribution in [-0.2, 0) is 11.2 Å². The predicted molar refractivity (Wildman–Crippen MR) is 72.3 cm³/mol. The first-order valence-electron chi connectivity index (χ1n) is 5.95. The molecule has 0 aliphatic heterocycles. The van der Waals surface area contributed by atoms with Gasteiger partial charge in [0.2, 0.25) is 5.78 Å². The fourth-order valence-electron chi connectivity index (χ4n) is 1.47. The molecule has 1 rings (SSSR count). The zero-order valence-electron chi connectivity index (χ0n) is 11.0. The second-order valence-corrected chi connectivity index (χ2v) is 10.3. The minimum absolute atomic E-state index is 0.0477. The van der Waals surface area contributed by atoms with Gasteiger partial charge in [0.05, 0.1) is 6.26 Å². The van der Waals surface area contributed by atoms with E-state index in [9.17, 15) is 4.79 Å². The molecule has 0 fully saturated rings. The van der Waals surface area contributed by atoms with E-state index in [1.807, 2.05) is 12.1 Å². The number of furan rings is 1. The second kappa shape index (κ2) is 5.88. The number of hydrogen-bond donors (Lipinski definition) is 0. The summed E-state index contributed by atoms with van der Waals surface area (Å²) < 4.78 is 5.26. The van der Waals surface area contributed by atoms with Crippen molar-refractivity contribution in [2.24, 2.45) is 5.92 Å². The van der Waals surface area contributed by atoms with Crippen molar-refractivity contribution in [1.82, 2.24) is 0 Å². The lowest BCUT2D eigenvalue weighted by Crippen LogP contribution is -2.17. The van der Waals surface area contributed by atoms with Crippen LogP contribution in [0, 0.1) is 17.4 Å². The van der Waals surface area contributed by atoms with Gasteiger partial charge in [0, 0.05) is 12.8 Å². The Morgan fingerprint density at radius 1 is 1.47 bits per heavy atom. The number of rotatable bonds is 4. The maximum absolute atomic E-state index is 11.6. The van der Waals surface area contributed by atoms with Crippen molar-refractivity contribution >= 4 is 13.9 Å². The third kappa shape index (κ3) is 6.13. The number of Topliss-reactive ketones (excluding diaryl/α,β-unsaturated/α-hetero) is 1. The molecule has 1 aromatic heterocycles. The summed E-state index contributed by atoms with van der Waals surface area (Å²) in [6.45, 7) is 8.47. The van der Waals surface area contributed by atoms with Crippen LogP contribution in [0.15, 0.2) is 22.8 Å². The largest absolute Gasteiger partial charge is 0.469 e. The lowest BCUT2D eigenvalue weighted by atomic mass is 10.00. The number of carbonyl (C=O) groups is 1. The molecule has 0 bridgehead atoms. The van der Waals surface area contributed by atoms with Crippen LogP contribution in [0.5, 0.6) is 0 Å². The first-order chi connectivity index (χ1) is 7.87. The molecule has 3 heteroatoms. The number of carbonyl (C=O) groups excluding carboxylic acids is 1. The normalized spacial score (nSPS) is 12.7. The minimum atomic E-state index is -1.43. The van der Waals surface area contributed by atoms with Gasteiger partial charge < -0.3 is 4.42 Å². The van der Waals surface area contributed by atoms with Gasteiger partial charge >= 0.3 is 0 Å². The first-order valence-corrected chi connectivity index (χ1v) is 9.45. The molecular weight excluding hydrogens is 228 g/mol. The molecular formula is C14H20O2Si. The minimum Gasteiger partial charge on any atom is -0.469 e. The first kappa shape index (κ1) is 13.8. The summed E-state index contributed by atoms with van der Waals surface area (Å²) >= 11 is 0. The van der Waals surface area contributed by atoms with Crippen LogP contribution >= 0.6 is 0 Å². The van der Waals surface area contributed by atoms with Gasteiger partial charge in [-0.15, -0.1) is 5.54 Å². The number of hydrogen-bond acceptors (Lipinski definition) is 2. The maximum Gasteiger partial charge on any atom is 0.205 e. The zero-order chi connectivity index (χ0) is 12.9. The van der Waals surface area contributed by atoms with Gasteiger partial charge in [0.1, 0.15) is 13.8 Å². The van der Waals surface area contributed by atoms with Crippen LogP contribution in [-0.4, -0.2) is 13.9 Å². The summed E-state index contributed by atoms with van der Waals surface area (Å²) in [7, 11) is -1.43. The van der Waals surface area contributed by atoms with Gasteiger partial charge in [-0.3, -0.25) is 4.79 Å². The molecule has 0 aliphatic rings. The van der Waals surface area contributed by atoms with Crippen molar-refractivity contribution in [3.8, 4) is 11.5 Å². The molecule has 0 spiro atoms. The number of ketones is 1. The van der Waals surface area contributed by atoms with Gasteiger partial charge in [-0.2, -0.15) is 0 Å². The summed E-state index contributed by atoms with van der Waals surface area (Å²) in [6, 6.07) is 3.81. The SMILES string of the molecule is CC(CC(=O)C#C[Si](C)(C)C)Cc1ccco1. The molecule has 0 aromatic carbocycles. The van der Waals surface area contributed by atoms with Crippen molar-refractivity contribution in [3.05, 3.63) is 24.2 Å². The van der Waals surface area contributed by atoms with Gasteiger partial charge in [-0.1, -0.05) is 26.6 Å². The van der Waals surface area contributed by atoms with Crippen molar-refractivity contribution in [2.75, 3.05) is 0 Å². The average Bonchev–Trinajstić information content (AvgIpc) is 2.66. The topological polar surface area (TPSA) is 30.2 Å². The van der Waals surface area contributed by atoms with E-state index < -0.39 is 8.07 Å². The molecule has 1 aromatic rings. The standard InChI is InChI=1S/C14H20O2Si/c1-12(11-14-6-5-8-16-14)10-13(15)7-9-17(2,3)4/h5-6,8,12H,10-11H2,1-4H3. The van der Waals surface area contributed by atoms with E-state index in [4.69, 9.17) is 4.42 Å². The van der Waals surface area contributed by atoms with E-state index in [2.05, 4.69) is 38.0 Å². The monoisotopic (exact) mass is 248 g/mol. The van der Waals surface area contributed by atoms with Crippen molar-refractivity contribution < 1.29 is 9.21 Å². The van der Waals surface area contributed by atoms with E-state index in [-0.39, 0.29) is 11.7 Å². The quantitative estimate of drug-likeness (QED) is 0.604. The molecule has 1 unspecified atom stereocenters. The van der Waals surface area contributed by atoms with E-state index in [1.54, 1.807) is 6.26 Å². The van der Waals surface area contributed by atoms with Crippen LogP contribution in [0.25, 0.3) is 0 Å². The Balaban J connectivity index is 2.43. The predicted octanol–water partition coefficient (Wildman–Crippen LogP) is 3.30. The van der Waals surface area contributed by atoms with Gasteiger partial charge in [-0.25, -0.2) is 0 Å². The lowest BCUT2D eigenvalue weighted by Gasteiger charge is -2.06. The zero-order valence-corrected chi connectivity index (χ0v) is 12.0. The van der Waals surface area contributed by atoms with Crippen molar-refractivity contribution in [1.29, 1.82) is 0 Å². The Morgan fingerprint density at radius 2 is 2.18 bits per heavy atom. The summed E-state index contributed by atoms with van der Waals surface area (Å²) in [5.41, 5.74) is 3.10. The Hall–Kier alpha value is -1.27. The average molecular weight is 248 g/mol. The molecule has 92 valence electrons. The Morgan fingerprint density at radius 3 is 2.71 bits per heavy atom. The molecule has 1 heterocycles. The van der Waals surface area contributed by atoms with E-state index in [1.165, 1.54) is 0 Å². The smallest absolute Gasteiger partial charge is 0.205 e. The van der Waals surface area contributed by atoms with Gasteiger partial charge in [0.15, 0.2) is 0 Å². The van der Waals surface area contributed by atoms with Crippen molar-refractivity contribution in [3.63, 3.8) is 0 Å². The van der Waals surface area contributed by atoms with Crippen LogP contribution < -0.4 is 0 Å². The van der Waals surface area contributed by atoms with E-state index in [0.717, 1.165) is 12.2 Å². The molecule has 0 N–H and O–H groups in total. The van der Waals surface area contributed by atoms with Gasteiger partial charge in [-0.05, 0) is 24.0 Å². The molecule has 0 amide bonds. The maximum atomic E-state index is 11.6. The fraction of sp³-hybridized carbons (Fsp3) is 0.500. The van der Waals surface area contributed by atoms with Crippen LogP contribution in [0.3, 0.4) is 0 Å².